The van der Waals surface area contributed by atoms with Crippen LogP contribution in [0.3, 0.4) is 0 Å². The molecule has 0 aliphatic heterocycles. The quantitative estimate of drug-likeness (QED) is 0.572. The Bertz CT molecular complexity index is 214. The maximum Gasteiger partial charge on any atom is 0.146 e. The van der Waals surface area contributed by atoms with Crippen LogP contribution in [0.5, 0.6) is 0 Å². The minimum Gasteiger partial charge on any atom is -0.380 e. The van der Waals surface area contributed by atoms with E-state index in [2.05, 4.69) is 5.32 Å². The van der Waals surface area contributed by atoms with Crippen LogP contribution in [-0.4, -0.2) is 37.9 Å². The van der Waals surface area contributed by atoms with Gasteiger partial charge in [-0.25, -0.2) is 0 Å². The van der Waals surface area contributed by atoms with Crippen molar-refractivity contribution in [3.63, 3.8) is 0 Å². The van der Waals surface area contributed by atoms with E-state index >= 15 is 0 Å². The van der Waals surface area contributed by atoms with E-state index in [-0.39, 0.29) is 17.5 Å². The highest BCUT2D eigenvalue weighted by Crippen LogP contribution is 1.98. The van der Waals surface area contributed by atoms with E-state index in [1.54, 1.807) is 0 Å². The molecular weight excluding hydrogens is 206 g/mol. The molecule has 0 amide bonds. The maximum absolute atomic E-state index is 11.2. The molecule has 0 unspecified atom stereocenters. The van der Waals surface area contributed by atoms with E-state index in [0.717, 1.165) is 0 Å². The second-order valence-corrected chi connectivity index (χ2v) is 4.05. The standard InChI is InChI=1S/C12H23NO3/c1-4-11(14)9-13-6-8-16-7-5-12(15)10(2)3/h10,13H,4-9H2,1-3H3. The van der Waals surface area contributed by atoms with Crippen molar-refractivity contribution >= 4 is 11.6 Å². The number of hydrogen-bond donors (Lipinski definition) is 1. The predicted octanol–water partition coefficient (Wildman–Crippen LogP) is 1.19. The summed E-state index contributed by atoms with van der Waals surface area (Å²) in [5.74, 6) is 0.521. The number of hydrogen-bond acceptors (Lipinski definition) is 4. The van der Waals surface area contributed by atoms with Crippen LogP contribution in [0.1, 0.15) is 33.6 Å². The first-order valence-corrected chi connectivity index (χ1v) is 5.90. The van der Waals surface area contributed by atoms with Gasteiger partial charge in [0.15, 0.2) is 0 Å². The van der Waals surface area contributed by atoms with Crippen LogP contribution < -0.4 is 5.32 Å². The Labute approximate surface area is 97.7 Å². The summed E-state index contributed by atoms with van der Waals surface area (Å²) in [6.07, 6.45) is 1.04. The highest BCUT2D eigenvalue weighted by atomic mass is 16.5. The Morgan fingerprint density at radius 2 is 1.94 bits per heavy atom. The van der Waals surface area contributed by atoms with E-state index in [9.17, 15) is 9.59 Å². The fourth-order valence-corrected chi connectivity index (χ4v) is 1.06. The van der Waals surface area contributed by atoms with Crippen molar-refractivity contribution in [3.05, 3.63) is 0 Å². The third-order valence-corrected chi connectivity index (χ3v) is 2.28. The van der Waals surface area contributed by atoms with E-state index in [0.29, 0.717) is 39.1 Å². The molecule has 0 rings (SSSR count). The van der Waals surface area contributed by atoms with Crippen molar-refractivity contribution in [2.75, 3.05) is 26.3 Å². The van der Waals surface area contributed by atoms with Gasteiger partial charge >= 0.3 is 0 Å². The van der Waals surface area contributed by atoms with Gasteiger partial charge < -0.3 is 10.1 Å². The first-order chi connectivity index (χ1) is 7.57. The lowest BCUT2D eigenvalue weighted by molar-refractivity contribution is -0.123. The minimum absolute atomic E-state index is 0.0869. The molecule has 0 aromatic heterocycles. The zero-order valence-electron chi connectivity index (χ0n) is 10.5. The molecule has 4 heteroatoms. The van der Waals surface area contributed by atoms with Gasteiger partial charge in [-0.3, -0.25) is 9.59 Å². The van der Waals surface area contributed by atoms with Crippen LogP contribution >= 0.6 is 0 Å². The van der Waals surface area contributed by atoms with Gasteiger partial charge in [0.2, 0.25) is 0 Å². The topological polar surface area (TPSA) is 55.4 Å². The highest BCUT2D eigenvalue weighted by molar-refractivity contribution is 5.80. The molecule has 0 saturated heterocycles. The number of ketones is 2. The third-order valence-electron chi connectivity index (χ3n) is 2.28. The summed E-state index contributed by atoms with van der Waals surface area (Å²) in [6, 6.07) is 0. The molecule has 0 aromatic carbocycles. The third kappa shape index (κ3) is 8.56. The van der Waals surface area contributed by atoms with E-state index in [1.165, 1.54) is 0 Å². The number of rotatable bonds is 10. The van der Waals surface area contributed by atoms with Crippen LogP contribution in [-0.2, 0) is 14.3 Å². The molecule has 1 N–H and O–H groups in total. The minimum atomic E-state index is 0.0869. The Hall–Kier alpha value is -0.740. The zero-order valence-corrected chi connectivity index (χ0v) is 10.5. The van der Waals surface area contributed by atoms with Crippen LogP contribution in [0.2, 0.25) is 0 Å². The monoisotopic (exact) mass is 229 g/mol. The lowest BCUT2D eigenvalue weighted by Crippen LogP contribution is -2.26. The smallest absolute Gasteiger partial charge is 0.146 e. The number of Topliss-reactive ketones (excluding diaryl/α,β-unsaturated/α-hetero) is 2. The van der Waals surface area contributed by atoms with Crippen molar-refractivity contribution in [1.29, 1.82) is 0 Å². The largest absolute Gasteiger partial charge is 0.380 e. The molecule has 0 aliphatic rings. The molecule has 0 heterocycles. The van der Waals surface area contributed by atoms with Crippen molar-refractivity contribution in [3.8, 4) is 0 Å². The Balaban J connectivity index is 3.22. The van der Waals surface area contributed by atoms with E-state index < -0.39 is 0 Å². The molecule has 94 valence electrons. The van der Waals surface area contributed by atoms with Gasteiger partial charge in [0.1, 0.15) is 11.6 Å². The summed E-state index contributed by atoms with van der Waals surface area (Å²) in [6.45, 7) is 7.70. The van der Waals surface area contributed by atoms with Gasteiger partial charge in [0.25, 0.3) is 0 Å². The average Bonchev–Trinajstić information content (AvgIpc) is 2.26. The van der Waals surface area contributed by atoms with Gasteiger partial charge in [-0.15, -0.1) is 0 Å². The first kappa shape index (κ1) is 15.3. The van der Waals surface area contributed by atoms with Crippen LogP contribution in [0.25, 0.3) is 0 Å². The van der Waals surface area contributed by atoms with Crippen LogP contribution in [0, 0.1) is 5.92 Å². The number of nitrogens with one attached hydrogen (secondary N) is 1. The molecule has 0 radical (unpaired) electrons. The van der Waals surface area contributed by atoms with E-state index in [4.69, 9.17) is 4.74 Å². The molecule has 0 aromatic rings. The fraction of sp³-hybridized carbons (Fsp3) is 0.833. The molecule has 0 saturated carbocycles. The van der Waals surface area contributed by atoms with Gasteiger partial charge in [-0.1, -0.05) is 20.8 Å². The highest BCUT2D eigenvalue weighted by Gasteiger charge is 2.05. The SMILES string of the molecule is CCC(=O)CNCCOCCC(=O)C(C)C. The summed E-state index contributed by atoms with van der Waals surface area (Å²) in [5, 5.41) is 2.99. The summed E-state index contributed by atoms with van der Waals surface area (Å²) < 4.78 is 5.28. The van der Waals surface area contributed by atoms with Crippen molar-refractivity contribution in [2.45, 2.75) is 33.6 Å². The Morgan fingerprint density at radius 1 is 1.25 bits per heavy atom. The van der Waals surface area contributed by atoms with Crippen LogP contribution in [0.15, 0.2) is 0 Å². The second kappa shape index (κ2) is 9.48. The summed E-state index contributed by atoms with van der Waals surface area (Å²) in [4.78, 5) is 22.1. The van der Waals surface area contributed by atoms with Gasteiger partial charge in [-0.2, -0.15) is 0 Å². The van der Waals surface area contributed by atoms with Gasteiger partial charge in [0, 0.05) is 25.3 Å². The lowest BCUT2D eigenvalue weighted by Gasteiger charge is -2.06. The lowest BCUT2D eigenvalue weighted by atomic mass is 10.1. The van der Waals surface area contributed by atoms with Crippen molar-refractivity contribution in [2.24, 2.45) is 5.92 Å². The first-order valence-electron chi connectivity index (χ1n) is 5.90. The maximum atomic E-state index is 11.2. The Kier molecular flexibility index (Phi) is 9.04. The molecule has 0 aliphatic carbocycles. The zero-order chi connectivity index (χ0) is 12.4. The fourth-order valence-electron chi connectivity index (χ4n) is 1.06. The van der Waals surface area contributed by atoms with Gasteiger partial charge in [0.05, 0.1) is 19.8 Å². The second-order valence-electron chi connectivity index (χ2n) is 4.05. The summed E-state index contributed by atoms with van der Waals surface area (Å²) in [7, 11) is 0. The van der Waals surface area contributed by atoms with E-state index in [1.807, 2.05) is 20.8 Å². The number of carbonyl (C=O) groups is 2. The molecule has 0 fully saturated rings. The number of carbonyl (C=O) groups excluding carboxylic acids is 2. The molecular formula is C12H23NO3. The molecule has 0 bridgehead atoms. The molecule has 0 spiro atoms. The normalized spacial score (nSPS) is 10.8. The van der Waals surface area contributed by atoms with Gasteiger partial charge in [-0.05, 0) is 0 Å². The number of ether oxygens (including phenoxy) is 1. The molecule has 16 heavy (non-hydrogen) atoms. The molecule has 4 nitrogen and oxygen atoms in total. The van der Waals surface area contributed by atoms with Crippen molar-refractivity contribution < 1.29 is 14.3 Å². The summed E-state index contributed by atoms with van der Waals surface area (Å²) >= 11 is 0. The average molecular weight is 229 g/mol. The van der Waals surface area contributed by atoms with Crippen molar-refractivity contribution in [1.82, 2.24) is 5.32 Å². The predicted molar refractivity (Wildman–Crippen MR) is 63.4 cm³/mol. The molecule has 0 atom stereocenters. The van der Waals surface area contributed by atoms with Crippen LogP contribution in [0.4, 0.5) is 0 Å². The Morgan fingerprint density at radius 3 is 2.50 bits per heavy atom. The summed E-state index contributed by atoms with van der Waals surface area (Å²) in [5.41, 5.74) is 0.